The number of rotatable bonds is 6. The lowest BCUT2D eigenvalue weighted by Crippen LogP contribution is -2.48. The first kappa shape index (κ1) is 26.7. The molecular weight excluding hydrogens is 496 g/mol. The lowest BCUT2D eigenvalue weighted by Gasteiger charge is -2.33. The molecule has 0 amide bonds. The molecule has 0 radical (unpaired) electrons. The van der Waals surface area contributed by atoms with E-state index in [1.807, 2.05) is 6.92 Å². The van der Waals surface area contributed by atoms with Gasteiger partial charge in [0.2, 0.25) is 10.0 Å². The van der Waals surface area contributed by atoms with Crippen LogP contribution in [0.2, 0.25) is 0 Å². The van der Waals surface area contributed by atoms with Gasteiger partial charge in [-0.1, -0.05) is 19.1 Å². The van der Waals surface area contributed by atoms with Crippen molar-refractivity contribution in [3.05, 3.63) is 59.7 Å². The Hall–Kier alpha value is -2.51. The predicted molar refractivity (Wildman–Crippen MR) is 121 cm³/mol. The van der Waals surface area contributed by atoms with Crippen LogP contribution in [0, 0.1) is 0 Å². The van der Waals surface area contributed by atoms with Crippen molar-refractivity contribution in [2.45, 2.75) is 16.7 Å². The number of carbonyl (C=O) groups is 2. The number of hydrogen-bond acceptors (Lipinski definition) is 7. The Labute approximate surface area is 196 Å². The molecule has 180 valence electrons. The van der Waals surface area contributed by atoms with E-state index in [1.54, 1.807) is 0 Å². The van der Waals surface area contributed by atoms with Crippen molar-refractivity contribution < 1.29 is 36.6 Å². The highest BCUT2D eigenvalue weighted by Crippen LogP contribution is 2.19. The van der Waals surface area contributed by atoms with Gasteiger partial charge in [-0.2, -0.15) is 4.31 Å². The average Bonchev–Trinajstić information content (AvgIpc) is 2.79. The van der Waals surface area contributed by atoms with E-state index in [9.17, 15) is 26.4 Å². The smallest absolute Gasteiger partial charge is 0.335 e. The molecule has 0 bridgehead atoms. The van der Waals surface area contributed by atoms with E-state index >= 15 is 0 Å². The fraction of sp³-hybridized carbons (Fsp3) is 0.300. The molecule has 0 aliphatic carbocycles. The second kappa shape index (κ2) is 11.1. The molecule has 1 aliphatic rings. The molecule has 0 saturated carbocycles. The summed E-state index contributed by atoms with van der Waals surface area (Å²) in [6.45, 7) is 5.23. The zero-order valence-electron chi connectivity index (χ0n) is 17.6. The summed E-state index contributed by atoms with van der Waals surface area (Å²) in [5.41, 5.74) is -0.125. The van der Waals surface area contributed by atoms with E-state index in [2.05, 4.69) is 4.90 Å². The highest BCUT2D eigenvalue weighted by Gasteiger charge is 2.28. The molecule has 2 aromatic rings. The number of likely N-dealkylation sites (N-methyl/N-ethyl adjacent to an activating group) is 1. The van der Waals surface area contributed by atoms with Crippen molar-refractivity contribution >= 4 is 41.7 Å². The molecule has 0 aromatic heterocycles. The summed E-state index contributed by atoms with van der Waals surface area (Å²) in [4.78, 5) is 23.4. The number of piperazine rings is 1. The third kappa shape index (κ3) is 7.24. The lowest BCUT2D eigenvalue weighted by molar-refractivity contribution is 0.0685. The molecule has 1 heterocycles. The van der Waals surface area contributed by atoms with Crippen LogP contribution in [-0.4, -0.2) is 80.9 Å². The van der Waals surface area contributed by atoms with Gasteiger partial charge in [0.15, 0.2) is 0 Å². The van der Waals surface area contributed by atoms with Gasteiger partial charge >= 0.3 is 11.9 Å². The molecule has 1 aliphatic heterocycles. The van der Waals surface area contributed by atoms with E-state index in [4.69, 9.17) is 20.9 Å². The standard InChI is InChI=1S/C13H18N2O4S.C7H5ClO4S/c1-2-14-6-8-15(9-7-14)20(18,19)12-5-3-4-11(10-12)13(16)17;8-13(11,12)6-3-1-2-5(4-6)7(9)10/h3-5,10H,2,6-9H2,1H3,(H,16,17);1-4H,(H,9,10). The molecule has 33 heavy (non-hydrogen) atoms. The van der Waals surface area contributed by atoms with E-state index in [-0.39, 0.29) is 20.9 Å². The minimum Gasteiger partial charge on any atom is -0.478 e. The number of nitrogens with zero attached hydrogens (tertiary/aromatic N) is 2. The highest BCUT2D eigenvalue weighted by molar-refractivity contribution is 8.13. The van der Waals surface area contributed by atoms with Crippen LogP contribution in [-0.2, 0) is 19.1 Å². The van der Waals surface area contributed by atoms with Crippen LogP contribution in [0.5, 0.6) is 0 Å². The number of hydrogen-bond donors (Lipinski definition) is 2. The Morgan fingerprint density at radius 3 is 1.73 bits per heavy atom. The van der Waals surface area contributed by atoms with E-state index < -0.39 is 31.0 Å². The largest absolute Gasteiger partial charge is 0.478 e. The molecule has 0 atom stereocenters. The Balaban J connectivity index is 0.000000257. The fourth-order valence-electron chi connectivity index (χ4n) is 3.01. The van der Waals surface area contributed by atoms with Crippen molar-refractivity contribution in [1.82, 2.24) is 9.21 Å². The topological polar surface area (TPSA) is 149 Å². The first-order valence-corrected chi connectivity index (χ1v) is 13.4. The monoisotopic (exact) mass is 518 g/mol. The molecule has 3 rings (SSSR count). The Bertz CT molecular complexity index is 1220. The maximum absolute atomic E-state index is 12.5. The SMILES string of the molecule is CCN1CCN(S(=O)(=O)c2cccc(C(=O)O)c2)CC1.O=C(O)c1cccc(S(=O)(=O)Cl)c1. The number of carboxylic acid groups (broad SMARTS) is 2. The molecule has 1 saturated heterocycles. The van der Waals surface area contributed by atoms with Gasteiger partial charge in [0.05, 0.1) is 20.9 Å². The number of carboxylic acids is 2. The Morgan fingerprint density at radius 2 is 1.30 bits per heavy atom. The van der Waals surface area contributed by atoms with Gasteiger partial charge < -0.3 is 15.1 Å². The molecule has 13 heteroatoms. The first-order valence-electron chi connectivity index (χ1n) is 9.70. The molecule has 0 spiro atoms. The average molecular weight is 519 g/mol. The number of halogens is 1. The van der Waals surface area contributed by atoms with Gasteiger partial charge in [0, 0.05) is 36.9 Å². The van der Waals surface area contributed by atoms with Gasteiger partial charge in [-0.05, 0) is 42.9 Å². The zero-order valence-corrected chi connectivity index (χ0v) is 20.0. The second-order valence-corrected chi connectivity index (χ2v) is 11.4. The Kier molecular flexibility index (Phi) is 8.97. The second-order valence-electron chi connectivity index (χ2n) is 6.94. The first-order chi connectivity index (χ1) is 15.4. The minimum absolute atomic E-state index is 0.0155. The van der Waals surface area contributed by atoms with Crippen molar-refractivity contribution in [1.29, 1.82) is 0 Å². The number of sulfonamides is 1. The summed E-state index contributed by atoms with van der Waals surface area (Å²) in [5, 5.41) is 17.5. The Morgan fingerprint density at radius 1 is 0.848 bits per heavy atom. The van der Waals surface area contributed by atoms with Gasteiger partial charge in [-0.15, -0.1) is 0 Å². The fourth-order valence-corrected chi connectivity index (χ4v) is 5.27. The summed E-state index contributed by atoms with van der Waals surface area (Å²) in [7, 11) is -2.44. The maximum Gasteiger partial charge on any atom is 0.335 e. The van der Waals surface area contributed by atoms with Gasteiger partial charge in [-0.25, -0.2) is 26.4 Å². The van der Waals surface area contributed by atoms with E-state index in [0.29, 0.717) is 26.2 Å². The maximum atomic E-state index is 12.5. The lowest BCUT2D eigenvalue weighted by atomic mass is 10.2. The van der Waals surface area contributed by atoms with Crippen molar-refractivity contribution in [3.63, 3.8) is 0 Å². The summed E-state index contributed by atoms with van der Waals surface area (Å²) in [5.74, 6) is -2.32. The van der Waals surface area contributed by atoms with Crippen LogP contribution in [0.15, 0.2) is 58.3 Å². The zero-order chi connectivity index (χ0) is 24.8. The summed E-state index contributed by atoms with van der Waals surface area (Å²) in [6, 6.07) is 10.3. The quantitative estimate of drug-likeness (QED) is 0.547. The molecule has 10 nitrogen and oxygen atoms in total. The normalized spacial score (nSPS) is 15.3. The van der Waals surface area contributed by atoms with Crippen molar-refractivity contribution in [3.8, 4) is 0 Å². The van der Waals surface area contributed by atoms with Crippen LogP contribution in [0.1, 0.15) is 27.6 Å². The van der Waals surface area contributed by atoms with Crippen LogP contribution in [0.25, 0.3) is 0 Å². The van der Waals surface area contributed by atoms with Crippen LogP contribution in [0.3, 0.4) is 0 Å². The summed E-state index contributed by atoms with van der Waals surface area (Å²) >= 11 is 0. The molecular formula is C20H23ClN2O8S2. The molecule has 0 unspecified atom stereocenters. The number of aromatic carboxylic acids is 2. The third-order valence-electron chi connectivity index (χ3n) is 4.86. The third-order valence-corrected chi connectivity index (χ3v) is 8.11. The summed E-state index contributed by atoms with van der Waals surface area (Å²) in [6.07, 6.45) is 0. The van der Waals surface area contributed by atoms with Gasteiger partial charge in [0.1, 0.15) is 0 Å². The molecule has 2 aromatic carbocycles. The minimum atomic E-state index is -3.85. The number of benzene rings is 2. The summed E-state index contributed by atoms with van der Waals surface area (Å²) < 4.78 is 47.9. The van der Waals surface area contributed by atoms with Crippen molar-refractivity contribution in [2.75, 3.05) is 32.7 Å². The van der Waals surface area contributed by atoms with Gasteiger partial charge in [0.25, 0.3) is 9.05 Å². The molecule has 1 fully saturated rings. The van der Waals surface area contributed by atoms with E-state index in [0.717, 1.165) is 12.6 Å². The van der Waals surface area contributed by atoms with Crippen LogP contribution >= 0.6 is 10.7 Å². The van der Waals surface area contributed by atoms with Gasteiger partial charge in [-0.3, -0.25) is 0 Å². The van der Waals surface area contributed by atoms with Crippen molar-refractivity contribution in [2.24, 2.45) is 0 Å². The van der Waals surface area contributed by atoms with E-state index in [1.165, 1.54) is 46.8 Å². The predicted octanol–water partition coefficient (Wildman–Crippen LogP) is 2.02. The van der Waals surface area contributed by atoms with Crippen LogP contribution in [0.4, 0.5) is 0 Å². The highest BCUT2D eigenvalue weighted by atomic mass is 35.7. The van der Waals surface area contributed by atoms with Crippen LogP contribution < -0.4 is 0 Å². The molecule has 2 N–H and O–H groups in total.